The first-order valence-electron chi connectivity index (χ1n) is 7.20. The number of nitrogens with zero attached hydrogens (tertiary/aromatic N) is 3. The van der Waals surface area contributed by atoms with Crippen LogP contribution in [0.2, 0.25) is 5.02 Å². The van der Waals surface area contributed by atoms with Crippen molar-refractivity contribution in [1.82, 2.24) is 19.7 Å². The molecule has 3 rings (SSSR count). The smallest absolute Gasteiger partial charge is 0.329 e. The largest absolute Gasteiger partial charge is 0.337 e. The highest BCUT2D eigenvalue weighted by atomic mass is 35.5. The Morgan fingerprint density at radius 1 is 1.24 bits per heavy atom. The molecule has 0 aliphatic carbocycles. The molecule has 0 saturated heterocycles. The van der Waals surface area contributed by atoms with Gasteiger partial charge in [0.05, 0.1) is 5.69 Å². The lowest BCUT2D eigenvalue weighted by Crippen LogP contribution is -2.35. The number of hydrogen-bond donors (Lipinski definition) is 1. The first-order chi connectivity index (χ1) is 12.0. The quantitative estimate of drug-likeness (QED) is 0.751. The molecule has 0 bridgehead atoms. The van der Waals surface area contributed by atoms with Crippen molar-refractivity contribution in [2.24, 2.45) is 0 Å². The van der Waals surface area contributed by atoms with Crippen LogP contribution in [0.1, 0.15) is 23.0 Å². The maximum Gasteiger partial charge on any atom is 0.329 e. The number of halogens is 2. The average molecular weight is 363 g/mol. The molecule has 0 amide bonds. The molecule has 128 valence electrons. The first kappa shape index (κ1) is 16.8. The molecule has 1 aromatic carbocycles. The van der Waals surface area contributed by atoms with Crippen LogP contribution < -0.4 is 11.2 Å². The number of hydrogen-bond acceptors (Lipinski definition) is 5. The maximum absolute atomic E-state index is 12.5. The van der Waals surface area contributed by atoms with Crippen molar-refractivity contribution in [3.05, 3.63) is 79.2 Å². The number of aromatic amines is 1. The lowest BCUT2D eigenvalue weighted by Gasteiger charge is -2.01. The lowest BCUT2D eigenvalue weighted by atomic mass is 10.2. The van der Waals surface area contributed by atoms with Gasteiger partial charge in [0.1, 0.15) is 13.2 Å². The van der Waals surface area contributed by atoms with Gasteiger partial charge in [0.25, 0.3) is 5.56 Å². The molecule has 7 nitrogen and oxygen atoms in total. The Morgan fingerprint density at radius 3 is 2.68 bits per heavy atom. The van der Waals surface area contributed by atoms with Gasteiger partial charge in [-0.1, -0.05) is 35.0 Å². The zero-order valence-corrected chi connectivity index (χ0v) is 13.5. The number of benzene rings is 1. The summed E-state index contributed by atoms with van der Waals surface area (Å²) in [7, 11) is 0. The minimum Gasteiger partial charge on any atom is -0.337 e. The predicted molar refractivity (Wildman–Crippen MR) is 89.9 cm³/mol. The molecule has 0 fully saturated rings. The van der Waals surface area contributed by atoms with E-state index < -0.39 is 17.9 Å². The fourth-order valence-corrected chi connectivity index (χ4v) is 2.20. The van der Waals surface area contributed by atoms with Crippen LogP contribution >= 0.6 is 11.6 Å². The highest BCUT2D eigenvalue weighted by Crippen LogP contribution is 2.12. The molecule has 0 saturated carbocycles. The van der Waals surface area contributed by atoms with Gasteiger partial charge in [-0.25, -0.2) is 9.18 Å². The zero-order chi connectivity index (χ0) is 17.8. The second kappa shape index (κ2) is 7.27. The van der Waals surface area contributed by atoms with Gasteiger partial charge in [-0.15, -0.1) is 0 Å². The van der Waals surface area contributed by atoms with Gasteiger partial charge < -0.3 is 9.51 Å². The summed E-state index contributed by atoms with van der Waals surface area (Å²) in [5, 5.41) is 4.38. The molecule has 1 N–H and O–H groups in total. The van der Waals surface area contributed by atoms with Crippen LogP contribution in [0.3, 0.4) is 0 Å². The van der Waals surface area contributed by atoms with E-state index in [2.05, 4.69) is 15.1 Å². The number of alkyl halides is 1. The molecule has 3 aromatic rings. The van der Waals surface area contributed by atoms with Gasteiger partial charge in [0.15, 0.2) is 5.82 Å². The summed E-state index contributed by atoms with van der Waals surface area (Å²) in [6.45, 7) is -1.13. The third-order valence-corrected chi connectivity index (χ3v) is 3.54. The van der Waals surface area contributed by atoms with Crippen LogP contribution in [-0.2, 0) is 13.2 Å². The van der Waals surface area contributed by atoms with Crippen molar-refractivity contribution in [2.75, 3.05) is 0 Å². The van der Waals surface area contributed by atoms with Gasteiger partial charge in [0, 0.05) is 11.1 Å². The molecule has 2 aromatic heterocycles. The fraction of sp³-hybridized carbons (Fsp3) is 0.125. The Labute approximate surface area is 145 Å². The van der Waals surface area contributed by atoms with Crippen molar-refractivity contribution < 1.29 is 8.91 Å². The molecule has 9 heteroatoms. The van der Waals surface area contributed by atoms with Gasteiger partial charge in [-0.05, 0) is 23.8 Å². The standard InChI is InChI=1S/C16H12ClFN4O3/c17-11-4-1-10(2-5-11)3-6-13-20-14(25-21-13)9-22-15(23)7-12(8-18)19-16(22)24/h1-7H,8-9H2,(H,19,24)/b6-3+. The Morgan fingerprint density at radius 2 is 2.00 bits per heavy atom. The Hall–Kier alpha value is -3.00. The van der Waals surface area contributed by atoms with E-state index in [9.17, 15) is 14.0 Å². The molecule has 2 heterocycles. The van der Waals surface area contributed by atoms with E-state index in [1.807, 2.05) is 12.1 Å². The van der Waals surface area contributed by atoms with Crippen LogP contribution in [0, 0.1) is 0 Å². The van der Waals surface area contributed by atoms with Crippen LogP contribution in [0.25, 0.3) is 12.2 Å². The van der Waals surface area contributed by atoms with Crippen LogP contribution in [0.4, 0.5) is 4.39 Å². The van der Waals surface area contributed by atoms with Gasteiger partial charge in [-0.3, -0.25) is 9.36 Å². The molecular weight excluding hydrogens is 351 g/mol. The number of nitrogens with one attached hydrogen (secondary N) is 1. The van der Waals surface area contributed by atoms with E-state index in [0.29, 0.717) is 5.02 Å². The second-order valence-electron chi connectivity index (χ2n) is 5.09. The summed E-state index contributed by atoms with van der Waals surface area (Å²) in [5.41, 5.74) is -0.571. The Balaban J connectivity index is 1.77. The SMILES string of the molecule is O=c1cc(CF)[nH]c(=O)n1Cc1nc(/C=C/c2ccc(Cl)cc2)no1. The van der Waals surface area contributed by atoms with Gasteiger partial charge in [0.2, 0.25) is 5.89 Å². The highest BCUT2D eigenvalue weighted by Gasteiger charge is 2.10. The third kappa shape index (κ3) is 4.10. The topological polar surface area (TPSA) is 93.8 Å². The highest BCUT2D eigenvalue weighted by molar-refractivity contribution is 6.30. The van der Waals surface area contributed by atoms with E-state index in [4.69, 9.17) is 16.1 Å². The van der Waals surface area contributed by atoms with Crippen molar-refractivity contribution >= 4 is 23.8 Å². The Bertz CT molecular complexity index is 990. The monoisotopic (exact) mass is 362 g/mol. The predicted octanol–water partition coefficient (Wildman–Crippen LogP) is 2.26. The summed E-state index contributed by atoms with van der Waals surface area (Å²) >= 11 is 5.81. The third-order valence-electron chi connectivity index (χ3n) is 3.29. The number of aromatic nitrogens is 4. The van der Waals surface area contributed by atoms with E-state index >= 15 is 0 Å². The summed E-state index contributed by atoms with van der Waals surface area (Å²) in [4.78, 5) is 30.0. The first-order valence-corrected chi connectivity index (χ1v) is 7.58. The molecule has 0 aliphatic heterocycles. The summed E-state index contributed by atoms with van der Waals surface area (Å²) < 4.78 is 18.4. The van der Waals surface area contributed by atoms with Crippen LogP contribution in [-0.4, -0.2) is 19.7 Å². The van der Waals surface area contributed by atoms with E-state index in [0.717, 1.165) is 16.2 Å². The van der Waals surface area contributed by atoms with Crippen molar-refractivity contribution in [3.63, 3.8) is 0 Å². The molecule has 0 atom stereocenters. The normalized spacial score (nSPS) is 11.3. The average Bonchev–Trinajstić information content (AvgIpc) is 3.05. The van der Waals surface area contributed by atoms with E-state index in [1.165, 1.54) is 0 Å². The van der Waals surface area contributed by atoms with Crippen LogP contribution in [0.15, 0.2) is 44.4 Å². The number of rotatable bonds is 5. The molecule has 0 aliphatic rings. The van der Waals surface area contributed by atoms with E-state index in [-0.39, 0.29) is 24.0 Å². The van der Waals surface area contributed by atoms with Crippen molar-refractivity contribution in [2.45, 2.75) is 13.2 Å². The van der Waals surface area contributed by atoms with Gasteiger partial charge >= 0.3 is 5.69 Å². The summed E-state index contributed by atoms with van der Waals surface area (Å²) in [5.74, 6) is 0.367. The minimum atomic E-state index is -0.925. The summed E-state index contributed by atoms with van der Waals surface area (Å²) in [6.07, 6.45) is 3.38. The van der Waals surface area contributed by atoms with Crippen LogP contribution in [0.5, 0.6) is 0 Å². The maximum atomic E-state index is 12.5. The van der Waals surface area contributed by atoms with Crippen molar-refractivity contribution in [1.29, 1.82) is 0 Å². The molecule has 25 heavy (non-hydrogen) atoms. The zero-order valence-electron chi connectivity index (χ0n) is 12.8. The molecular formula is C16H12ClFN4O3. The molecule has 0 unspecified atom stereocenters. The van der Waals surface area contributed by atoms with E-state index in [1.54, 1.807) is 24.3 Å². The number of H-pyrrole nitrogens is 1. The molecule has 0 spiro atoms. The van der Waals surface area contributed by atoms with Crippen molar-refractivity contribution in [3.8, 4) is 0 Å². The Kier molecular flexibility index (Phi) is 4.90. The minimum absolute atomic E-state index is 0.0800. The fourth-order valence-electron chi connectivity index (χ4n) is 2.07. The lowest BCUT2D eigenvalue weighted by molar-refractivity contribution is 0.365. The second-order valence-corrected chi connectivity index (χ2v) is 5.53. The van der Waals surface area contributed by atoms with Gasteiger partial charge in [-0.2, -0.15) is 4.98 Å². The summed E-state index contributed by atoms with van der Waals surface area (Å²) in [6, 6.07) is 8.17. The molecule has 0 radical (unpaired) electrons.